The van der Waals surface area contributed by atoms with Crippen molar-refractivity contribution in [1.29, 1.82) is 0 Å². The van der Waals surface area contributed by atoms with Gasteiger partial charge in [-0.2, -0.15) is 0 Å². The Balaban J connectivity index is 2.15. The number of aryl methyl sites for hydroxylation is 1. The van der Waals surface area contributed by atoms with Crippen LogP contribution in [0.5, 0.6) is 5.75 Å². The SMILES string of the molecule is COc1cc(NCc2cccc(C)c2)c(N)cc1F. The molecule has 0 aromatic heterocycles. The van der Waals surface area contributed by atoms with Crippen molar-refractivity contribution in [3.05, 3.63) is 53.3 Å². The van der Waals surface area contributed by atoms with Crippen molar-refractivity contribution in [1.82, 2.24) is 0 Å². The lowest BCUT2D eigenvalue weighted by molar-refractivity contribution is 0.387. The molecule has 3 N–H and O–H groups in total. The zero-order chi connectivity index (χ0) is 13.8. The number of rotatable bonds is 4. The third-order valence-electron chi connectivity index (χ3n) is 2.89. The van der Waals surface area contributed by atoms with Crippen molar-refractivity contribution in [2.24, 2.45) is 0 Å². The molecule has 0 saturated carbocycles. The second-order valence-electron chi connectivity index (χ2n) is 4.42. The fourth-order valence-corrected chi connectivity index (χ4v) is 1.90. The lowest BCUT2D eigenvalue weighted by Crippen LogP contribution is -2.04. The van der Waals surface area contributed by atoms with Crippen molar-refractivity contribution in [3.63, 3.8) is 0 Å². The number of methoxy groups -OCH3 is 1. The summed E-state index contributed by atoms with van der Waals surface area (Å²) in [6.07, 6.45) is 0. The molecule has 0 amide bonds. The van der Waals surface area contributed by atoms with E-state index >= 15 is 0 Å². The van der Waals surface area contributed by atoms with Gasteiger partial charge in [0.05, 0.1) is 18.5 Å². The summed E-state index contributed by atoms with van der Waals surface area (Å²) in [5.41, 5.74) is 9.15. The van der Waals surface area contributed by atoms with E-state index in [4.69, 9.17) is 10.5 Å². The van der Waals surface area contributed by atoms with E-state index in [-0.39, 0.29) is 5.75 Å². The van der Waals surface area contributed by atoms with Crippen molar-refractivity contribution in [2.75, 3.05) is 18.2 Å². The molecule has 0 radical (unpaired) electrons. The zero-order valence-electron chi connectivity index (χ0n) is 11.0. The zero-order valence-corrected chi connectivity index (χ0v) is 11.0. The molecule has 0 aliphatic heterocycles. The summed E-state index contributed by atoms with van der Waals surface area (Å²) in [5, 5.41) is 3.19. The monoisotopic (exact) mass is 260 g/mol. The summed E-state index contributed by atoms with van der Waals surface area (Å²) < 4.78 is 18.4. The molecule has 0 aliphatic rings. The van der Waals surface area contributed by atoms with Gasteiger partial charge in [-0.1, -0.05) is 29.8 Å². The topological polar surface area (TPSA) is 47.3 Å². The van der Waals surface area contributed by atoms with Gasteiger partial charge >= 0.3 is 0 Å². The molecule has 2 aromatic rings. The lowest BCUT2D eigenvalue weighted by Gasteiger charge is -2.12. The molecular formula is C15H17FN2O. The number of nitrogens with two attached hydrogens (primary N) is 1. The molecule has 0 aliphatic carbocycles. The fraction of sp³-hybridized carbons (Fsp3) is 0.200. The Morgan fingerprint density at radius 2 is 2.05 bits per heavy atom. The van der Waals surface area contributed by atoms with Crippen LogP contribution >= 0.6 is 0 Å². The van der Waals surface area contributed by atoms with Crippen molar-refractivity contribution in [3.8, 4) is 5.75 Å². The van der Waals surface area contributed by atoms with Crippen LogP contribution in [0.1, 0.15) is 11.1 Å². The number of nitrogen functional groups attached to an aromatic ring is 1. The third-order valence-corrected chi connectivity index (χ3v) is 2.89. The molecule has 0 bridgehead atoms. The molecule has 2 rings (SSSR count). The van der Waals surface area contributed by atoms with Gasteiger partial charge in [0.15, 0.2) is 11.6 Å². The summed E-state index contributed by atoms with van der Waals surface area (Å²) in [5.74, 6) is -0.276. The van der Waals surface area contributed by atoms with E-state index in [1.165, 1.54) is 18.7 Å². The van der Waals surface area contributed by atoms with Crippen LogP contribution in [0.15, 0.2) is 36.4 Å². The Hall–Kier alpha value is -2.23. The van der Waals surface area contributed by atoms with Gasteiger partial charge in [0, 0.05) is 18.7 Å². The van der Waals surface area contributed by atoms with E-state index in [0.717, 1.165) is 5.56 Å². The number of hydrogen-bond donors (Lipinski definition) is 2. The summed E-state index contributed by atoms with van der Waals surface area (Å²) in [6.45, 7) is 2.67. The summed E-state index contributed by atoms with van der Waals surface area (Å²) in [4.78, 5) is 0. The first-order valence-electron chi connectivity index (χ1n) is 6.02. The van der Waals surface area contributed by atoms with Crippen LogP contribution in [-0.4, -0.2) is 7.11 Å². The molecule has 0 heterocycles. The Labute approximate surface area is 112 Å². The minimum absolute atomic E-state index is 0.181. The van der Waals surface area contributed by atoms with Crippen molar-refractivity contribution >= 4 is 11.4 Å². The molecule has 0 saturated heterocycles. The first-order chi connectivity index (χ1) is 9.10. The average molecular weight is 260 g/mol. The van der Waals surface area contributed by atoms with Gasteiger partial charge in [0.2, 0.25) is 0 Å². The minimum Gasteiger partial charge on any atom is -0.494 e. The van der Waals surface area contributed by atoms with E-state index in [1.807, 2.05) is 25.1 Å². The number of ether oxygens (including phenoxy) is 1. The highest BCUT2D eigenvalue weighted by Gasteiger charge is 2.08. The van der Waals surface area contributed by atoms with Gasteiger partial charge in [-0.05, 0) is 12.5 Å². The Kier molecular flexibility index (Phi) is 3.90. The number of nitrogens with one attached hydrogen (secondary N) is 1. The van der Waals surface area contributed by atoms with Gasteiger partial charge < -0.3 is 15.8 Å². The smallest absolute Gasteiger partial charge is 0.167 e. The van der Waals surface area contributed by atoms with Crippen LogP contribution in [-0.2, 0) is 6.54 Å². The molecule has 19 heavy (non-hydrogen) atoms. The van der Waals surface area contributed by atoms with Gasteiger partial charge in [-0.25, -0.2) is 4.39 Å². The molecule has 0 spiro atoms. The molecule has 0 atom stereocenters. The van der Waals surface area contributed by atoms with Crippen LogP contribution in [0.4, 0.5) is 15.8 Å². The molecule has 3 nitrogen and oxygen atoms in total. The number of halogens is 1. The first-order valence-corrected chi connectivity index (χ1v) is 6.02. The standard InChI is InChI=1S/C15H17FN2O/c1-10-4-3-5-11(6-10)9-18-14-8-15(19-2)12(16)7-13(14)17/h3-8,18H,9,17H2,1-2H3. The van der Waals surface area contributed by atoms with Gasteiger partial charge in [0.25, 0.3) is 0 Å². The number of benzene rings is 2. The van der Waals surface area contributed by atoms with E-state index in [2.05, 4.69) is 11.4 Å². The minimum atomic E-state index is -0.457. The van der Waals surface area contributed by atoms with Crippen LogP contribution in [0.25, 0.3) is 0 Å². The second-order valence-corrected chi connectivity index (χ2v) is 4.42. The lowest BCUT2D eigenvalue weighted by atomic mass is 10.1. The van der Waals surface area contributed by atoms with Gasteiger partial charge in [-0.3, -0.25) is 0 Å². The van der Waals surface area contributed by atoms with Crippen LogP contribution in [0, 0.1) is 12.7 Å². The summed E-state index contributed by atoms with van der Waals surface area (Å²) in [6, 6.07) is 11.0. The van der Waals surface area contributed by atoms with E-state index in [1.54, 1.807) is 6.07 Å². The van der Waals surface area contributed by atoms with E-state index < -0.39 is 5.82 Å². The predicted octanol–water partition coefficient (Wildman–Crippen LogP) is 3.34. The predicted molar refractivity (Wildman–Crippen MR) is 75.9 cm³/mol. The highest BCUT2D eigenvalue weighted by Crippen LogP contribution is 2.28. The first kappa shape index (κ1) is 13.2. The highest BCUT2D eigenvalue weighted by atomic mass is 19.1. The Morgan fingerprint density at radius 1 is 1.26 bits per heavy atom. The third kappa shape index (κ3) is 3.16. The quantitative estimate of drug-likeness (QED) is 0.829. The van der Waals surface area contributed by atoms with Crippen LogP contribution in [0.3, 0.4) is 0 Å². The molecule has 0 fully saturated rings. The van der Waals surface area contributed by atoms with E-state index in [9.17, 15) is 4.39 Å². The molecule has 2 aromatic carbocycles. The molecule has 4 heteroatoms. The van der Waals surface area contributed by atoms with E-state index in [0.29, 0.717) is 17.9 Å². The fourth-order valence-electron chi connectivity index (χ4n) is 1.90. The Morgan fingerprint density at radius 3 is 2.74 bits per heavy atom. The van der Waals surface area contributed by atoms with Gasteiger partial charge in [0.1, 0.15) is 0 Å². The maximum Gasteiger partial charge on any atom is 0.167 e. The second kappa shape index (κ2) is 5.61. The van der Waals surface area contributed by atoms with Crippen molar-refractivity contribution < 1.29 is 9.13 Å². The molecular weight excluding hydrogens is 243 g/mol. The summed E-state index contributed by atoms with van der Waals surface area (Å²) >= 11 is 0. The average Bonchev–Trinajstić information content (AvgIpc) is 2.38. The van der Waals surface area contributed by atoms with Gasteiger partial charge in [-0.15, -0.1) is 0 Å². The van der Waals surface area contributed by atoms with Crippen molar-refractivity contribution in [2.45, 2.75) is 13.5 Å². The molecule has 0 unspecified atom stereocenters. The normalized spacial score (nSPS) is 10.3. The maximum atomic E-state index is 13.4. The van der Waals surface area contributed by atoms with Crippen LogP contribution in [0.2, 0.25) is 0 Å². The highest BCUT2D eigenvalue weighted by molar-refractivity contribution is 5.68. The number of anilines is 2. The molecule has 100 valence electrons. The number of hydrogen-bond acceptors (Lipinski definition) is 3. The summed E-state index contributed by atoms with van der Waals surface area (Å²) in [7, 11) is 1.43. The maximum absolute atomic E-state index is 13.4. The Bertz CT molecular complexity index is 584. The van der Waals surface area contributed by atoms with Crippen LogP contribution < -0.4 is 15.8 Å². The largest absolute Gasteiger partial charge is 0.494 e.